The Balaban J connectivity index is 1.14. The highest BCUT2D eigenvalue weighted by molar-refractivity contribution is 5.25. The van der Waals surface area contributed by atoms with Crippen LogP contribution in [0.25, 0.3) is 0 Å². The fraction of sp³-hybridized carbons (Fsp3) is 0.840. The van der Waals surface area contributed by atoms with Crippen LogP contribution in [0.1, 0.15) is 59.8 Å². The van der Waals surface area contributed by atoms with Crippen LogP contribution in [0.4, 0.5) is 0 Å². The van der Waals surface area contributed by atoms with Gasteiger partial charge in [0.05, 0.1) is 0 Å². The van der Waals surface area contributed by atoms with E-state index in [1.165, 1.54) is 71.4 Å². The molecule has 3 fully saturated rings. The molecule has 0 aromatic carbocycles. The van der Waals surface area contributed by atoms with Gasteiger partial charge in [-0.3, -0.25) is 9.80 Å². The summed E-state index contributed by atoms with van der Waals surface area (Å²) in [6, 6.07) is 0. The van der Waals surface area contributed by atoms with Crippen molar-refractivity contribution in [2.75, 3.05) is 39.3 Å². The van der Waals surface area contributed by atoms with Crippen LogP contribution in [0, 0.1) is 34.5 Å². The zero-order valence-electron chi connectivity index (χ0n) is 18.1. The second kappa shape index (κ2) is 6.46. The van der Waals surface area contributed by atoms with Crippen molar-refractivity contribution >= 4 is 0 Å². The summed E-state index contributed by atoms with van der Waals surface area (Å²) < 4.78 is 0. The molecule has 2 nitrogen and oxygen atoms in total. The molecule has 0 aromatic heterocycles. The average molecular weight is 369 g/mol. The Hall–Kier alpha value is -0.600. The van der Waals surface area contributed by atoms with Gasteiger partial charge >= 0.3 is 0 Å². The lowest BCUT2D eigenvalue weighted by Gasteiger charge is -2.57. The quantitative estimate of drug-likeness (QED) is 0.646. The molecule has 1 heterocycles. The highest BCUT2D eigenvalue weighted by Crippen LogP contribution is 2.59. The van der Waals surface area contributed by atoms with E-state index in [1.807, 2.05) is 0 Å². The van der Waals surface area contributed by atoms with Crippen molar-refractivity contribution in [3.05, 3.63) is 23.3 Å². The van der Waals surface area contributed by atoms with E-state index in [1.54, 1.807) is 11.1 Å². The van der Waals surface area contributed by atoms with E-state index in [0.29, 0.717) is 10.8 Å². The lowest BCUT2D eigenvalue weighted by molar-refractivity contribution is -0.0105. The maximum absolute atomic E-state index is 2.76. The van der Waals surface area contributed by atoms with E-state index in [0.717, 1.165) is 23.7 Å². The van der Waals surface area contributed by atoms with Gasteiger partial charge in [0.2, 0.25) is 0 Å². The highest BCUT2D eigenvalue weighted by Gasteiger charge is 2.51. The third kappa shape index (κ3) is 3.06. The van der Waals surface area contributed by atoms with Gasteiger partial charge in [-0.05, 0) is 79.7 Å². The van der Waals surface area contributed by atoms with Crippen molar-refractivity contribution in [3.8, 4) is 0 Å². The second-order valence-electron chi connectivity index (χ2n) is 11.6. The predicted octanol–water partition coefficient (Wildman–Crippen LogP) is 4.98. The maximum Gasteiger partial charge on any atom is 0.0196 e. The largest absolute Gasteiger partial charge is 0.298 e. The fourth-order valence-corrected chi connectivity index (χ4v) is 7.01. The molecule has 4 unspecified atom stereocenters. The third-order valence-electron chi connectivity index (χ3n) is 9.59. The van der Waals surface area contributed by atoms with Crippen molar-refractivity contribution in [2.45, 2.75) is 59.8 Å². The first kappa shape index (κ1) is 18.4. The molecule has 4 atom stereocenters. The minimum absolute atomic E-state index is 0.573. The zero-order chi connectivity index (χ0) is 18.8. The molecule has 7 rings (SSSR count). The van der Waals surface area contributed by atoms with Crippen LogP contribution >= 0.6 is 0 Å². The Kier molecular flexibility index (Phi) is 4.41. The van der Waals surface area contributed by atoms with E-state index in [9.17, 15) is 0 Å². The number of allylic oxidation sites excluding steroid dienone is 2. The molecule has 0 aromatic rings. The number of fused-ring (bicyclic) bond motifs is 2. The summed E-state index contributed by atoms with van der Waals surface area (Å²) in [5, 5.41) is 0. The van der Waals surface area contributed by atoms with Crippen LogP contribution < -0.4 is 0 Å². The van der Waals surface area contributed by atoms with Crippen molar-refractivity contribution in [1.82, 2.24) is 9.80 Å². The van der Waals surface area contributed by atoms with Crippen LogP contribution in [-0.2, 0) is 0 Å². The lowest BCUT2D eigenvalue weighted by Crippen LogP contribution is -2.50. The summed E-state index contributed by atoms with van der Waals surface area (Å²) in [6.07, 6.45) is 12.2. The van der Waals surface area contributed by atoms with Crippen molar-refractivity contribution < 1.29 is 0 Å². The predicted molar refractivity (Wildman–Crippen MR) is 114 cm³/mol. The molecule has 27 heavy (non-hydrogen) atoms. The van der Waals surface area contributed by atoms with E-state index in [2.05, 4.69) is 49.6 Å². The standard InChI is InChI=1S/C25H40N2/c1-24(2)21-12-18(13-22(24)14-21)16-26-8-5-9-27(11-10-26)17-19-6-7-20-15-23(19)25(20,3)4/h6,12,20-23H,5,7-11,13-17H2,1-4H3. The summed E-state index contributed by atoms with van der Waals surface area (Å²) in [7, 11) is 0. The van der Waals surface area contributed by atoms with E-state index >= 15 is 0 Å². The van der Waals surface area contributed by atoms with E-state index in [-0.39, 0.29) is 0 Å². The lowest BCUT2D eigenvalue weighted by atomic mass is 9.49. The van der Waals surface area contributed by atoms with Crippen LogP contribution in [0.2, 0.25) is 0 Å². The van der Waals surface area contributed by atoms with E-state index < -0.39 is 0 Å². The topological polar surface area (TPSA) is 6.48 Å². The van der Waals surface area contributed by atoms with Crippen molar-refractivity contribution in [3.63, 3.8) is 0 Å². The minimum Gasteiger partial charge on any atom is -0.298 e. The smallest absolute Gasteiger partial charge is 0.0196 e. The zero-order valence-corrected chi connectivity index (χ0v) is 18.1. The SMILES string of the molecule is CC1(C)C2C=C(CN3CCCN(CC4=CCC5CC4C5(C)C)CC3)CC1C2. The summed E-state index contributed by atoms with van der Waals surface area (Å²) in [5.41, 5.74) is 4.68. The second-order valence-corrected chi connectivity index (χ2v) is 11.6. The first-order valence-electron chi connectivity index (χ1n) is 11.7. The molecule has 7 aliphatic rings. The van der Waals surface area contributed by atoms with Gasteiger partial charge in [-0.2, -0.15) is 0 Å². The number of hydrogen-bond acceptors (Lipinski definition) is 2. The van der Waals surface area contributed by atoms with Crippen LogP contribution in [-0.4, -0.2) is 49.1 Å². The van der Waals surface area contributed by atoms with E-state index in [4.69, 9.17) is 0 Å². The number of rotatable bonds is 4. The summed E-state index contributed by atoms with van der Waals surface area (Å²) in [5.74, 6) is 3.66. The molecule has 4 bridgehead atoms. The summed E-state index contributed by atoms with van der Waals surface area (Å²) >= 11 is 0. The molecule has 2 heteroatoms. The Labute approximate surface area is 167 Å². The van der Waals surface area contributed by atoms with Gasteiger partial charge in [0.1, 0.15) is 0 Å². The van der Waals surface area contributed by atoms with Crippen LogP contribution in [0.15, 0.2) is 23.3 Å². The molecule has 0 amide bonds. The highest BCUT2D eigenvalue weighted by atomic mass is 15.2. The Morgan fingerprint density at radius 3 is 2.22 bits per heavy atom. The van der Waals surface area contributed by atoms with Crippen molar-refractivity contribution in [2.24, 2.45) is 34.5 Å². The Bertz CT molecular complexity index is 655. The van der Waals surface area contributed by atoms with Gasteiger partial charge < -0.3 is 0 Å². The van der Waals surface area contributed by atoms with Gasteiger partial charge in [-0.25, -0.2) is 0 Å². The monoisotopic (exact) mass is 368 g/mol. The average Bonchev–Trinajstić information content (AvgIpc) is 2.87. The van der Waals surface area contributed by atoms with Gasteiger partial charge in [0.25, 0.3) is 0 Å². The van der Waals surface area contributed by atoms with Crippen LogP contribution in [0.3, 0.4) is 0 Å². The molecule has 0 radical (unpaired) electrons. The summed E-state index contributed by atoms with van der Waals surface area (Å²) in [6.45, 7) is 17.6. The van der Waals surface area contributed by atoms with Crippen LogP contribution in [0.5, 0.6) is 0 Å². The molecular weight excluding hydrogens is 328 g/mol. The molecule has 1 aliphatic heterocycles. The molecular formula is C25H40N2. The molecule has 150 valence electrons. The summed E-state index contributed by atoms with van der Waals surface area (Å²) in [4.78, 5) is 5.51. The first-order valence-corrected chi connectivity index (χ1v) is 11.7. The maximum atomic E-state index is 2.76. The Morgan fingerprint density at radius 2 is 1.63 bits per heavy atom. The third-order valence-corrected chi connectivity index (χ3v) is 9.59. The Morgan fingerprint density at radius 1 is 0.889 bits per heavy atom. The van der Waals surface area contributed by atoms with Gasteiger partial charge in [0, 0.05) is 26.2 Å². The molecule has 6 aliphatic carbocycles. The van der Waals surface area contributed by atoms with Gasteiger partial charge in [0.15, 0.2) is 0 Å². The molecule has 0 N–H and O–H groups in total. The number of hydrogen-bond donors (Lipinski definition) is 0. The first-order chi connectivity index (χ1) is 12.8. The normalized spacial score (nSPS) is 40.3. The molecule has 1 saturated heterocycles. The minimum atomic E-state index is 0.573. The number of nitrogens with zero attached hydrogens (tertiary/aromatic N) is 2. The van der Waals surface area contributed by atoms with Gasteiger partial charge in [-0.15, -0.1) is 0 Å². The fourth-order valence-electron chi connectivity index (χ4n) is 7.01. The molecule has 2 saturated carbocycles. The van der Waals surface area contributed by atoms with Crippen molar-refractivity contribution in [1.29, 1.82) is 0 Å². The van der Waals surface area contributed by atoms with Gasteiger partial charge in [-0.1, -0.05) is 51.0 Å². The molecule has 0 spiro atoms.